The lowest BCUT2D eigenvalue weighted by Crippen LogP contribution is -2.38. The molecule has 1 fully saturated rings. The van der Waals surface area contributed by atoms with Crippen LogP contribution in [0.5, 0.6) is 0 Å². The van der Waals surface area contributed by atoms with E-state index in [0.29, 0.717) is 5.75 Å². The molecule has 1 aliphatic rings. The van der Waals surface area contributed by atoms with Gasteiger partial charge in [-0.2, -0.15) is 0 Å². The van der Waals surface area contributed by atoms with Crippen LogP contribution in [0, 0.1) is 0 Å². The lowest BCUT2D eigenvalue weighted by molar-refractivity contribution is -0.118. The van der Waals surface area contributed by atoms with Gasteiger partial charge in [0, 0.05) is 6.54 Å². The van der Waals surface area contributed by atoms with Gasteiger partial charge in [-0.25, -0.2) is 0 Å². The fourth-order valence-electron chi connectivity index (χ4n) is 0.912. The second-order valence-corrected chi connectivity index (χ2v) is 3.53. The molecule has 0 aromatic carbocycles. The number of nitrogens with zero attached hydrogens (tertiary/aromatic N) is 1. The summed E-state index contributed by atoms with van der Waals surface area (Å²) in [5.74, 6) is 0.697. The highest BCUT2D eigenvalue weighted by atomic mass is 32.2. The molecule has 1 heterocycles. The van der Waals surface area contributed by atoms with Crippen molar-refractivity contribution >= 4 is 17.7 Å². The van der Waals surface area contributed by atoms with E-state index in [9.17, 15) is 4.79 Å². The van der Waals surface area contributed by atoms with Crippen LogP contribution in [0.1, 0.15) is 0 Å². The maximum Gasteiger partial charge on any atom is 0.231 e. The van der Waals surface area contributed by atoms with E-state index < -0.39 is 0 Å². The number of rotatable bonds is 3. The Morgan fingerprint density at radius 1 is 2.00 bits per heavy atom. The Balaban J connectivity index is 2.36. The van der Waals surface area contributed by atoms with Crippen LogP contribution in [0.25, 0.3) is 0 Å². The zero-order chi connectivity index (χ0) is 8.27. The first kappa shape index (κ1) is 8.62. The SMILES string of the molecule is C=CCN(C)C1NC(=O)CS1. The molecule has 0 aliphatic carbocycles. The molecule has 62 valence electrons. The third kappa shape index (κ3) is 2.24. The van der Waals surface area contributed by atoms with Crippen molar-refractivity contribution < 1.29 is 4.79 Å². The Kier molecular flexibility index (Phi) is 2.96. The van der Waals surface area contributed by atoms with Crippen molar-refractivity contribution in [3.8, 4) is 0 Å². The van der Waals surface area contributed by atoms with Gasteiger partial charge in [-0.1, -0.05) is 6.08 Å². The maximum absolute atomic E-state index is 10.8. The topological polar surface area (TPSA) is 32.3 Å². The van der Waals surface area contributed by atoms with Crippen molar-refractivity contribution in [2.45, 2.75) is 5.50 Å². The van der Waals surface area contributed by atoms with Crippen molar-refractivity contribution in [3.63, 3.8) is 0 Å². The number of hydrogen-bond acceptors (Lipinski definition) is 3. The predicted octanol–water partition coefficient (Wildman–Crippen LogP) is 0.251. The van der Waals surface area contributed by atoms with Crippen LogP contribution >= 0.6 is 11.8 Å². The van der Waals surface area contributed by atoms with Crippen LogP contribution in [-0.4, -0.2) is 35.7 Å². The number of amides is 1. The molecule has 0 spiro atoms. The molecular weight excluding hydrogens is 160 g/mol. The van der Waals surface area contributed by atoms with Gasteiger partial charge in [0.2, 0.25) is 5.91 Å². The van der Waals surface area contributed by atoms with Crippen molar-refractivity contribution in [2.75, 3.05) is 19.3 Å². The molecule has 1 saturated heterocycles. The predicted molar refractivity (Wildman–Crippen MR) is 47.2 cm³/mol. The van der Waals surface area contributed by atoms with Crippen LogP contribution in [0.2, 0.25) is 0 Å². The summed E-state index contributed by atoms with van der Waals surface area (Å²) >= 11 is 1.62. The van der Waals surface area contributed by atoms with Gasteiger partial charge in [0.05, 0.1) is 5.75 Å². The first-order valence-electron chi connectivity index (χ1n) is 3.46. The molecule has 0 aromatic heterocycles. The van der Waals surface area contributed by atoms with Gasteiger partial charge in [-0.15, -0.1) is 18.3 Å². The maximum atomic E-state index is 10.8. The zero-order valence-electron chi connectivity index (χ0n) is 6.54. The van der Waals surface area contributed by atoms with Gasteiger partial charge in [-0.05, 0) is 7.05 Å². The Morgan fingerprint density at radius 2 is 2.73 bits per heavy atom. The summed E-state index contributed by atoms with van der Waals surface area (Å²) in [4.78, 5) is 12.8. The van der Waals surface area contributed by atoms with Crippen LogP contribution in [0.3, 0.4) is 0 Å². The van der Waals surface area contributed by atoms with Gasteiger partial charge in [-0.3, -0.25) is 9.69 Å². The van der Waals surface area contributed by atoms with E-state index in [1.165, 1.54) is 0 Å². The first-order chi connectivity index (χ1) is 5.24. The van der Waals surface area contributed by atoms with E-state index in [-0.39, 0.29) is 11.4 Å². The van der Waals surface area contributed by atoms with Crippen molar-refractivity contribution in [1.82, 2.24) is 10.2 Å². The Hall–Kier alpha value is -0.480. The van der Waals surface area contributed by atoms with Crippen molar-refractivity contribution in [3.05, 3.63) is 12.7 Å². The van der Waals surface area contributed by atoms with E-state index in [0.717, 1.165) is 6.54 Å². The fraction of sp³-hybridized carbons (Fsp3) is 0.571. The minimum atomic E-state index is 0.121. The third-order valence-electron chi connectivity index (χ3n) is 1.47. The highest BCUT2D eigenvalue weighted by Crippen LogP contribution is 2.16. The molecule has 1 atom stereocenters. The number of carbonyl (C=O) groups is 1. The normalized spacial score (nSPS) is 23.8. The monoisotopic (exact) mass is 172 g/mol. The minimum absolute atomic E-state index is 0.121. The second kappa shape index (κ2) is 3.78. The number of hydrogen-bond donors (Lipinski definition) is 1. The van der Waals surface area contributed by atoms with Gasteiger partial charge in [0.15, 0.2) is 0 Å². The average Bonchev–Trinajstić information content (AvgIpc) is 2.36. The summed E-state index contributed by atoms with van der Waals surface area (Å²) in [5, 5.41) is 2.84. The number of carbonyl (C=O) groups excluding carboxylic acids is 1. The molecule has 1 N–H and O–H groups in total. The summed E-state index contributed by atoms with van der Waals surface area (Å²) in [6.45, 7) is 4.43. The van der Waals surface area contributed by atoms with Crippen LogP contribution in [0.15, 0.2) is 12.7 Å². The van der Waals surface area contributed by atoms with E-state index in [2.05, 4.69) is 11.9 Å². The number of likely N-dealkylation sites (N-methyl/N-ethyl adjacent to an activating group) is 1. The largest absolute Gasteiger partial charge is 0.331 e. The highest BCUT2D eigenvalue weighted by molar-refractivity contribution is 8.00. The molecule has 1 amide bonds. The molecule has 0 radical (unpaired) electrons. The van der Waals surface area contributed by atoms with E-state index in [1.54, 1.807) is 11.8 Å². The molecule has 0 aromatic rings. The Morgan fingerprint density at radius 3 is 3.18 bits per heavy atom. The van der Waals surface area contributed by atoms with Crippen molar-refractivity contribution in [2.24, 2.45) is 0 Å². The lowest BCUT2D eigenvalue weighted by atomic mass is 10.5. The van der Waals surface area contributed by atoms with E-state index >= 15 is 0 Å². The molecule has 0 saturated carbocycles. The standard InChI is InChI=1S/C7H12N2OS/c1-3-4-9(2)7-8-6(10)5-11-7/h3,7H,1,4-5H2,2H3,(H,8,10). The summed E-state index contributed by atoms with van der Waals surface area (Å²) in [5.41, 5.74) is 0.139. The summed E-state index contributed by atoms with van der Waals surface area (Å²) in [6.07, 6.45) is 1.82. The second-order valence-electron chi connectivity index (χ2n) is 2.46. The molecule has 4 heteroatoms. The quantitative estimate of drug-likeness (QED) is 0.619. The first-order valence-corrected chi connectivity index (χ1v) is 4.51. The van der Waals surface area contributed by atoms with Gasteiger partial charge in [0.25, 0.3) is 0 Å². The van der Waals surface area contributed by atoms with Crippen LogP contribution in [-0.2, 0) is 4.79 Å². The third-order valence-corrected chi connectivity index (χ3v) is 2.70. The lowest BCUT2D eigenvalue weighted by Gasteiger charge is -2.20. The van der Waals surface area contributed by atoms with E-state index in [4.69, 9.17) is 0 Å². The zero-order valence-corrected chi connectivity index (χ0v) is 7.36. The summed E-state index contributed by atoms with van der Waals surface area (Å²) in [6, 6.07) is 0. The molecule has 11 heavy (non-hydrogen) atoms. The van der Waals surface area contributed by atoms with Crippen molar-refractivity contribution in [1.29, 1.82) is 0 Å². The van der Waals surface area contributed by atoms with Gasteiger partial charge < -0.3 is 5.32 Å². The van der Waals surface area contributed by atoms with Gasteiger partial charge >= 0.3 is 0 Å². The Bertz CT molecular complexity index is 172. The van der Waals surface area contributed by atoms with E-state index in [1.807, 2.05) is 18.0 Å². The Labute approximate surface area is 70.8 Å². The minimum Gasteiger partial charge on any atom is -0.331 e. The smallest absolute Gasteiger partial charge is 0.231 e. The molecular formula is C7H12N2OS. The molecule has 1 aliphatic heterocycles. The average molecular weight is 172 g/mol. The fourth-order valence-corrected chi connectivity index (χ4v) is 1.86. The van der Waals surface area contributed by atoms with Gasteiger partial charge in [0.1, 0.15) is 5.50 Å². The molecule has 1 rings (SSSR count). The molecule has 1 unspecified atom stereocenters. The number of thioether (sulfide) groups is 1. The van der Waals surface area contributed by atoms with Crippen LogP contribution < -0.4 is 5.32 Å². The van der Waals surface area contributed by atoms with Crippen LogP contribution in [0.4, 0.5) is 0 Å². The molecule has 3 nitrogen and oxygen atoms in total. The molecule has 0 bridgehead atoms. The summed E-state index contributed by atoms with van der Waals surface area (Å²) in [7, 11) is 1.96. The highest BCUT2D eigenvalue weighted by Gasteiger charge is 2.23. The summed E-state index contributed by atoms with van der Waals surface area (Å²) < 4.78 is 0. The number of nitrogens with one attached hydrogen (secondary N) is 1.